The summed E-state index contributed by atoms with van der Waals surface area (Å²) in [5, 5.41) is 0. The Morgan fingerprint density at radius 1 is 1.00 bits per heavy atom. The quantitative estimate of drug-likeness (QED) is 0.132. The van der Waals surface area contributed by atoms with E-state index in [4.69, 9.17) is 0 Å². The third kappa shape index (κ3) is 2.21. The van der Waals surface area contributed by atoms with Gasteiger partial charge in [-0.3, -0.25) is 4.48 Å². The zero-order valence-corrected chi connectivity index (χ0v) is 12.2. The number of hydrogen-bond donors (Lipinski definition) is 0. The van der Waals surface area contributed by atoms with E-state index < -0.39 is 32.5 Å². The minimum absolute atomic E-state index is 0.125. The molecule has 1 rings (SSSR count). The molecule has 7 heteroatoms. The molecule has 0 aliphatic rings. The van der Waals surface area contributed by atoms with Gasteiger partial charge in [-0.2, -0.15) is 8.78 Å². The normalized spacial score (nSPS) is 12.0. The van der Waals surface area contributed by atoms with Gasteiger partial charge in [0, 0.05) is 0 Å². The highest BCUT2D eigenvalue weighted by Gasteiger charge is 2.34. The van der Waals surface area contributed by atoms with Gasteiger partial charge in [0.05, 0.1) is 17.7 Å². The molecule has 0 aliphatic carbocycles. The molecule has 0 spiro atoms. The van der Waals surface area contributed by atoms with Gasteiger partial charge in [-0.25, -0.2) is 8.78 Å². The van der Waals surface area contributed by atoms with Crippen molar-refractivity contribution >= 4 is 44.2 Å². The molecule has 0 atom stereocenters. The molecule has 90 valence electrons. The Morgan fingerprint density at radius 2 is 1.38 bits per heavy atom. The molecule has 1 nitrogen and oxygen atoms in total. The molecule has 0 amide bonds. The monoisotopic (exact) mass is 412 g/mol. The summed E-state index contributed by atoms with van der Waals surface area (Å²) in [5.41, 5.74) is -0.507. The van der Waals surface area contributed by atoms with E-state index in [1.807, 2.05) is 0 Å². The van der Waals surface area contributed by atoms with Gasteiger partial charge in [-0.05, 0) is 38.5 Å². The van der Waals surface area contributed by atoms with E-state index >= 15 is 0 Å². The second kappa shape index (κ2) is 4.77. The lowest BCUT2D eigenvalue weighted by Crippen LogP contribution is -2.41. The summed E-state index contributed by atoms with van der Waals surface area (Å²) in [7, 11) is 2.87. The minimum Gasteiger partial charge on any atom is -0.282 e. The predicted octanol–water partition coefficient (Wildman–Crippen LogP) is 3.77. The number of alkyl halides is 1. The third-order valence-corrected chi connectivity index (χ3v) is 4.29. The Balaban J connectivity index is 3.65. The van der Waals surface area contributed by atoms with Crippen molar-refractivity contribution in [3.63, 3.8) is 0 Å². The summed E-state index contributed by atoms with van der Waals surface area (Å²) in [6.07, 6.45) is 0. The van der Waals surface area contributed by atoms with E-state index in [0.29, 0.717) is 0 Å². The van der Waals surface area contributed by atoms with E-state index in [1.165, 1.54) is 36.7 Å². The number of hydrogen-bond acceptors (Lipinski definition) is 0. The summed E-state index contributed by atoms with van der Waals surface area (Å²) < 4.78 is 52.7. The summed E-state index contributed by atoms with van der Waals surface area (Å²) in [6.45, 7) is 0. The summed E-state index contributed by atoms with van der Waals surface area (Å²) in [6, 6.07) is 0. The maximum Gasteiger partial charge on any atom is 0.223 e. The second-order valence-corrected chi connectivity index (χ2v) is 5.30. The average molecular weight is 413 g/mol. The highest BCUT2D eigenvalue weighted by Crippen LogP contribution is 2.34. The molecule has 0 fully saturated rings. The van der Waals surface area contributed by atoms with Gasteiger partial charge in [-0.1, -0.05) is 0 Å². The Bertz CT molecular complexity index is 407. The largest absolute Gasteiger partial charge is 0.282 e. The van der Waals surface area contributed by atoms with Gasteiger partial charge >= 0.3 is 0 Å². The van der Waals surface area contributed by atoms with Crippen LogP contribution in [0, 0.1) is 26.8 Å². The highest BCUT2D eigenvalue weighted by molar-refractivity contribution is 14.1. The lowest BCUT2D eigenvalue weighted by Gasteiger charge is -2.27. The molecule has 0 radical (unpaired) electrons. The molecule has 16 heavy (non-hydrogen) atoms. The van der Waals surface area contributed by atoms with Crippen molar-refractivity contribution in [1.29, 1.82) is 0 Å². The van der Waals surface area contributed by atoms with Gasteiger partial charge in [0.2, 0.25) is 17.3 Å². The fourth-order valence-electron chi connectivity index (χ4n) is 1.18. The van der Waals surface area contributed by atoms with Crippen molar-refractivity contribution in [2.24, 2.45) is 0 Å². The van der Waals surface area contributed by atoms with Crippen molar-refractivity contribution in [1.82, 2.24) is 4.48 Å². The first-order valence-corrected chi connectivity index (χ1v) is 6.35. The summed E-state index contributed by atoms with van der Waals surface area (Å²) in [5.74, 6) is -5.43. The SMILES string of the molecule is C[N+](C)(CBr)c1c(F)c(F)c(I)c(F)c1F. The molecular weight excluding hydrogens is 405 g/mol. The van der Waals surface area contributed by atoms with Gasteiger partial charge < -0.3 is 0 Å². The minimum atomic E-state index is -1.36. The lowest BCUT2D eigenvalue weighted by atomic mass is 10.2. The van der Waals surface area contributed by atoms with Gasteiger partial charge in [0.1, 0.15) is 5.45 Å². The van der Waals surface area contributed by atoms with Crippen molar-refractivity contribution in [3.8, 4) is 0 Å². The van der Waals surface area contributed by atoms with Crippen LogP contribution >= 0.6 is 38.5 Å². The van der Waals surface area contributed by atoms with Crippen LogP contribution in [0.1, 0.15) is 0 Å². The molecule has 1 aromatic rings. The molecule has 0 saturated heterocycles. The molecule has 0 N–H and O–H groups in total. The first-order chi connectivity index (χ1) is 7.24. The van der Waals surface area contributed by atoms with Crippen LogP contribution in [0.2, 0.25) is 0 Å². The Labute approximate surface area is 112 Å². The maximum atomic E-state index is 13.6. The number of nitrogens with zero attached hydrogens (tertiary/aromatic N) is 1. The van der Waals surface area contributed by atoms with Crippen LogP contribution in [-0.2, 0) is 0 Å². The smallest absolute Gasteiger partial charge is 0.223 e. The van der Waals surface area contributed by atoms with Crippen LogP contribution in [0.25, 0.3) is 0 Å². The van der Waals surface area contributed by atoms with Crippen molar-refractivity contribution in [2.45, 2.75) is 0 Å². The van der Waals surface area contributed by atoms with E-state index in [-0.39, 0.29) is 9.94 Å². The van der Waals surface area contributed by atoms with Crippen LogP contribution in [0.5, 0.6) is 0 Å². The van der Waals surface area contributed by atoms with Gasteiger partial charge in [-0.15, -0.1) is 0 Å². The van der Waals surface area contributed by atoms with Crippen LogP contribution in [0.15, 0.2) is 0 Å². The van der Waals surface area contributed by atoms with E-state index in [2.05, 4.69) is 15.9 Å². The molecule has 0 heterocycles. The number of rotatable bonds is 2. The molecule has 0 bridgehead atoms. The maximum absolute atomic E-state index is 13.6. The van der Waals surface area contributed by atoms with Crippen molar-refractivity contribution in [3.05, 3.63) is 26.8 Å². The van der Waals surface area contributed by atoms with Crippen molar-refractivity contribution in [2.75, 3.05) is 19.5 Å². The zero-order valence-electron chi connectivity index (χ0n) is 8.42. The van der Waals surface area contributed by atoms with E-state index in [1.54, 1.807) is 0 Å². The number of halogens is 6. The Hall–Kier alpha value is 0.110. The van der Waals surface area contributed by atoms with Gasteiger partial charge in [0.15, 0.2) is 11.6 Å². The first kappa shape index (κ1) is 14.2. The first-order valence-electron chi connectivity index (χ1n) is 4.15. The fourth-order valence-corrected chi connectivity index (χ4v) is 1.91. The van der Waals surface area contributed by atoms with Crippen LogP contribution in [0.3, 0.4) is 0 Å². The highest BCUT2D eigenvalue weighted by atomic mass is 127. The van der Waals surface area contributed by atoms with E-state index in [9.17, 15) is 17.6 Å². The molecular formula is C9H8BrF4IN+. The number of quaternary nitrogens is 1. The average Bonchev–Trinajstić information content (AvgIpc) is 2.23. The second-order valence-electron chi connectivity index (χ2n) is 3.72. The molecule has 0 aliphatic heterocycles. The van der Waals surface area contributed by atoms with Crippen molar-refractivity contribution < 1.29 is 17.6 Å². The Morgan fingerprint density at radius 3 is 1.69 bits per heavy atom. The number of benzene rings is 1. The van der Waals surface area contributed by atoms with Crippen LogP contribution in [0.4, 0.5) is 23.2 Å². The third-order valence-electron chi connectivity index (χ3n) is 2.09. The lowest BCUT2D eigenvalue weighted by molar-refractivity contribution is 0.379. The summed E-state index contributed by atoms with van der Waals surface area (Å²) in [4.78, 5) is 0. The Kier molecular flexibility index (Phi) is 4.23. The topological polar surface area (TPSA) is 0 Å². The molecule has 0 unspecified atom stereocenters. The summed E-state index contributed by atoms with van der Waals surface area (Å²) >= 11 is 4.26. The molecule has 0 saturated carbocycles. The van der Waals surface area contributed by atoms with Gasteiger partial charge in [0.25, 0.3) is 0 Å². The predicted molar refractivity (Wildman–Crippen MR) is 66.4 cm³/mol. The molecule has 1 aromatic carbocycles. The van der Waals surface area contributed by atoms with Crippen LogP contribution < -0.4 is 4.48 Å². The zero-order chi connectivity index (χ0) is 12.7. The van der Waals surface area contributed by atoms with Crippen LogP contribution in [-0.4, -0.2) is 19.5 Å². The molecule has 0 aromatic heterocycles. The standard InChI is InChI=1S/C9H8BrF4IN/c1-16(2,3-10)9-6(13)4(11)8(15)5(12)7(9)14/h3H2,1-2H3/q+1. The fraction of sp³-hybridized carbons (Fsp3) is 0.333. The van der Waals surface area contributed by atoms with E-state index in [0.717, 1.165) is 0 Å².